The Hall–Kier alpha value is -1.82. The fraction of sp³-hybridized carbons (Fsp3) is 0.111. The van der Waals surface area contributed by atoms with E-state index in [9.17, 15) is 9.59 Å². The highest BCUT2D eigenvalue weighted by atomic mass is 32.1. The molecular formula is C9H8N2O3S. The topological polar surface area (TPSA) is 67.8 Å². The van der Waals surface area contributed by atoms with Crippen molar-refractivity contribution in [3.8, 4) is 0 Å². The second kappa shape index (κ2) is 5.16. The van der Waals surface area contributed by atoms with Gasteiger partial charge in [0.2, 0.25) is 0 Å². The molecule has 15 heavy (non-hydrogen) atoms. The summed E-state index contributed by atoms with van der Waals surface area (Å²) >= 11 is 4.21. The molecule has 0 saturated heterocycles. The third-order valence-electron chi connectivity index (χ3n) is 1.66. The van der Waals surface area contributed by atoms with Gasteiger partial charge in [0.05, 0.1) is 18.4 Å². The molecule has 0 aromatic heterocycles. The van der Waals surface area contributed by atoms with Crippen LogP contribution in [0.4, 0.5) is 10.5 Å². The molecule has 0 spiro atoms. The van der Waals surface area contributed by atoms with Crippen LogP contribution in [-0.2, 0) is 17.2 Å². The molecule has 0 aliphatic heterocycles. The number of esters is 1. The molecule has 78 valence electrons. The van der Waals surface area contributed by atoms with E-state index in [2.05, 4.69) is 26.8 Å². The molecule has 1 aromatic carbocycles. The zero-order chi connectivity index (χ0) is 11.3. The predicted octanol–water partition coefficient (Wildman–Crippen LogP) is 1.74. The summed E-state index contributed by atoms with van der Waals surface area (Å²) in [5.41, 5.74) is 0.579. The first kappa shape index (κ1) is 11.3. The Labute approximate surface area is 91.6 Å². The highest BCUT2D eigenvalue weighted by Crippen LogP contribution is 2.15. The third-order valence-corrected chi connectivity index (χ3v) is 1.82. The van der Waals surface area contributed by atoms with Crippen molar-refractivity contribution >= 4 is 30.1 Å². The van der Waals surface area contributed by atoms with Gasteiger partial charge < -0.3 is 10.1 Å². The van der Waals surface area contributed by atoms with Crippen LogP contribution in [0.1, 0.15) is 10.4 Å². The molecule has 0 aliphatic carbocycles. The number of para-hydroxylation sites is 1. The first-order valence-electron chi connectivity index (χ1n) is 4.00. The van der Waals surface area contributed by atoms with Gasteiger partial charge in [0.1, 0.15) is 0 Å². The van der Waals surface area contributed by atoms with Gasteiger partial charge in [-0.2, -0.15) is 0 Å². The number of rotatable bonds is 2. The summed E-state index contributed by atoms with van der Waals surface area (Å²) in [6.07, 6.45) is 0. The van der Waals surface area contributed by atoms with Crippen LogP contribution >= 0.6 is 0 Å². The van der Waals surface area contributed by atoms with Gasteiger partial charge in [-0.3, -0.25) is 0 Å². The molecule has 0 heterocycles. The van der Waals surface area contributed by atoms with Gasteiger partial charge in [-0.25, -0.2) is 9.59 Å². The van der Waals surface area contributed by atoms with Crippen molar-refractivity contribution in [2.24, 2.45) is 4.36 Å². The van der Waals surface area contributed by atoms with E-state index in [0.717, 1.165) is 0 Å². The third kappa shape index (κ3) is 2.81. The van der Waals surface area contributed by atoms with E-state index in [4.69, 9.17) is 0 Å². The number of hydrogen-bond donors (Lipinski definition) is 1. The predicted molar refractivity (Wildman–Crippen MR) is 56.6 cm³/mol. The lowest BCUT2D eigenvalue weighted by Gasteiger charge is -2.06. The average molecular weight is 224 g/mol. The smallest absolute Gasteiger partial charge is 0.356 e. The molecule has 0 radical (unpaired) electrons. The normalized spacial score (nSPS) is 9.13. The summed E-state index contributed by atoms with van der Waals surface area (Å²) in [5.74, 6) is -0.532. The van der Waals surface area contributed by atoms with E-state index in [1.54, 1.807) is 18.2 Å². The Morgan fingerprint density at radius 2 is 2.07 bits per heavy atom. The van der Waals surface area contributed by atoms with Gasteiger partial charge in [-0.1, -0.05) is 12.1 Å². The summed E-state index contributed by atoms with van der Waals surface area (Å²) in [6, 6.07) is 5.73. The molecule has 6 heteroatoms. The number of anilines is 1. The van der Waals surface area contributed by atoms with Crippen molar-refractivity contribution in [1.29, 1.82) is 0 Å². The monoisotopic (exact) mass is 224 g/mol. The first-order chi connectivity index (χ1) is 7.19. The minimum atomic E-state index is -0.693. The lowest BCUT2D eigenvalue weighted by molar-refractivity contribution is 0.0602. The van der Waals surface area contributed by atoms with Crippen molar-refractivity contribution in [2.45, 2.75) is 0 Å². The van der Waals surface area contributed by atoms with Gasteiger partial charge in [0.15, 0.2) is 0 Å². The van der Waals surface area contributed by atoms with Gasteiger partial charge in [-0.15, -0.1) is 4.36 Å². The fourth-order valence-electron chi connectivity index (χ4n) is 1.02. The van der Waals surface area contributed by atoms with Crippen LogP contribution in [-0.4, -0.2) is 19.1 Å². The molecule has 0 saturated carbocycles. The standard InChI is InChI=1S/C9H8N2O3S/c1-14-8(12)6-4-2-3-5-7(6)10-9(13)11-15/h2-5H,1H3,(H,10,13). The Bertz CT molecular complexity index is 406. The van der Waals surface area contributed by atoms with Crippen molar-refractivity contribution in [3.63, 3.8) is 0 Å². The quantitative estimate of drug-likeness (QED) is 0.777. The summed E-state index contributed by atoms with van der Waals surface area (Å²) in [6.45, 7) is 0. The minimum Gasteiger partial charge on any atom is -0.465 e. The van der Waals surface area contributed by atoms with Crippen molar-refractivity contribution < 1.29 is 14.3 Å². The second-order valence-electron chi connectivity index (χ2n) is 2.56. The second-order valence-corrected chi connectivity index (χ2v) is 2.74. The van der Waals surface area contributed by atoms with Crippen LogP contribution in [0, 0.1) is 0 Å². The number of methoxy groups -OCH3 is 1. The van der Waals surface area contributed by atoms with Crippen LogP contribution in [0.5, 0.6) is 0 Å². The van der Waals surface area contributed by atoms with E-state index >= 15 is 0 Å². The van der Waals surface area contributed by atoms with Crippen LogP contribution in [0.3, 0.4) is 0 Å². The van der Waals surface area contributed by atoms with E-state index in [0.29, 0.717) is 5.69 Å². The maximum atomic E-state index is 11.3. The number of nitrogens with zero attached hydrogens (tertiary/aromatic N) is 1. The first-order valence-corrected chi connectivity index (χ1v) is 4.37. The lowest BCUT2D eigenvalue weighted by Crippen LogP contribution is -2.11. The average Bonchev–Trinajstić information content (AvgIpc) is 2.28. The molecule has 1 aromatic rings. The summed E-state index contributed by atoms with van der Waals surface area (Å²) in [5, 5.41) is 2.36. The van der Waals surface area contributed by atoms with E-state index in [-0.39, 0.29) is 5.56 Å². The molecule has 0 atom stereocenters. The summed E-state index contributed by atoms with van der Waals surface area (Å²) < 4.78 is 7.54. The molecule has 0 fully saturated rings. The lowest BCUT2D eigenvalue weighted by atomic mass is 10.2. The molecule has 0 aliphatic rings. The SMILES string of the molecule is COC(=O)c1ccccc1NC(=O)N=S. The zero-order valence-electron chi connectivity index (χ0n) is 7.89. The Morgan fingerprint density at radius 3 is 2.67 bits per heavy atom. The molecular weight excluding hydrogens is 216 g/mol. The van der Waals surface area contributed by atoms with Crippen LogP contribution < -0.4 is 5.32 Å². The fourth-order valence-corrected chi connectivity index (χ4v) is 1.06. The number of amides is 2. The Morgan fingerprint density at radius 1 is 1.40 bits per heavy atom. The van der Waals surface area contributed by atoms with E-state index in [1.165, 1.54) is 13.2 Å². The van der Waals surface area contributed by atoms with Gasteiger partial charge in [0, 0.05) is 12.4 Å². The number of hydrogen-bond acceptors (Lipinski definition) is 4. The maximum absolute atomic E-state index is 11.3. The Kier molecular flexibility index (Phi) is 3.87. The molecule has 1 N–H and O–H groups in total. The van der Waals surface area contributed by atoms with E-state index < -0.39 is 12.0 Å². The highest BCUT2D eigenvalue weighted by Gasteiger charge is 2.12. The molecule has 2 amide bonds. The molecule has 0 unspecified atom stereocenters. The number of carbonyl (C=O) groups excluding carboxylic acids is 2. The molecule has 5 nitrogen and oxygen atoms in total. The molecule has 0 bridgehead atoms. The van der Waals surface area contributed by atoms with Crippen molar-refractivity contribution in [1.82, 2.24) is 0 Å². The largest absolute Gasteiger partial charge is 0.465 e. The highest BCUT2D eigenvalue weighted by molar-refractivity contribution is 7.47. The van der Waals surface area contributed by atoms with E-state index in [1.807, 2.05) is 0 Å². The van der Waals surface area contributed by atoms with Crippen molar-refractivity contribution in [2.75, 3.05) is 12.4 Å². The van der Waals surface area contributed by atoms with Crippen LogP contribution in [0.15, 0.2) is 28.6 Å². The molecule has 1 rings (SSSR count). The number of urea groups is 1. The number of nitrogens with one attached hydrogen (secondary N) is 1. The van der Waals surface area contributed by atoms with Gasteiger partial charge >= 0.3 is 12.0 Å². The van der Waals surface area contributed by atoms with Crippen LogP contribution in [0.25, 0.3) is 0 Å². The maximum Gasteiger partial charge on any atom is 0.356 e. The Balaban J connectivity index is 3.01. The summed E-state index contributed by atoms with van der Waals surface area (Å²) in [4.78, 5) is 22.2. The van der Waals surface area contributed by atoms with Gasteiger partial charge in [0.25, 0.3) is 0 Å². The summed E-state index contributed by atoms with van der Waals surface area (Å²) in [7, 11) is 1.26. The van der Waals surface area contributed by atoms with Crippen LogP contribution in [0.2, 0.25) is 0 Å². The minimum absolute atomic E-state index is 0.256. The van der Waals surface area contributed by atoms with Gasteiger partial charge in [-0.05, 0) is 12.1 Å². The van der Waals surface area contributed by atoms with Crippen molar-refractivity contribution in [3.05, 3.63) is 29.8 Å². The number of benzene rings is 1. The number of carbonyl (C=O) groups is 2. The number of ether oxygens (including phenoxy) is 1. The zero-order valence-corrected chi connectivity index (χ0v) is 8.71.